The Morgan fingerprint density at radius 2 is 2.04 bits per heavy atom. The average molecular weight is 338 g/mol. The molecule has 0 radical (unpaired) electrons. The van der Waals surface area contributed by atoms with Gasteiger partial charge in [-0.25, -0.2) is 4.39 Å². The molecule has 134 valence electrons. The molecule has 0 saturated heterocycles. The number of rotatable bonds is 8. The highest BCUT2D eigenvalue weighted by atomic mass is 19.1. The minimum atomic E-state index is -0.291. The summed E-state index contributed by atoms with van der Waals surface area (Å²) in [5.41, 5.74) is 0.600. The van der Waals surface area contributed by atoms with Crippen molar-refractivity contribution in [3.63, 3.8) is 0 Å². The predicted octanol–water partition coefficient (Wildman–Crippen LogP) is 1.03. The van der Waals surface area contributed by atoms with E-state index in [1.165, 1.54) is 12.1 Å². The smallest absolute Gasteiger partial charge is 0.239 e. The third kappa shape index (κ3) is 6.95. The molecule has 1 aromatic carbocycles. The first-order chi connectivity index (χ1) is 11.4. The number of hydrogen-bond donors (Lipinski definition) is 3. The monoisotopic (exact) mass is 338 g/mol. The van der Waals surface area contributed by atoms with Gasteiger partial charge in [0.15, 0.2) is 5.96 Å². The fraction of sp³-hybridized carbons (Fsp3) is 0.529. The number of hydrogen-bond acceptors (Lipinski definition) is 3. The first kappa shape index (κ1) is 19.9. The van der Waals surface area contributed by atoms with Crippen LogP contribution in [0.25, 0.3) is 0 Å². The van der Waals surface area contributed by atoms with Crippen molar-refractivity contribution >= 4 is 11.9 Å². The SMILES string of the molecule is CN=C(NCC(=O)NCCOC)NCC(C)(C)c1cccc(F)c1. The second-order valence-electron chi connectivity index (χ2n) is 6.02. The number of benzene rings is 1. The molecule has 0 atom stereocenters. The number of amides is 1. The molecule has 0 fully saturated rings. The van der Waals surface area contributed by atoms with Gasteiger partial charge in [0.05, 0.1) is 13.2 Å². The number of guanidine groups is 1. The normalized spacial score (nSPS) is 12.0. The van der Waals surface area contributed by atoms with Gasteiger partial charge in [0, 0.05) is 32.7 Å². The van der Waals surface area contributed by atoms with Gasteiger partial charge in [-0.3, -0.25) is 9.79 Å². The molecule has 7 heteroatoms. The lowest BCUT2D eigenvalue weighted by atomic mass is 9.84. The molecule has 3 N–H and O–H groups in total. The molecule has 0 unspecified atom stereocenters. The standard InChI is InChI=1S/C17H27FN4O2/c1-17(2,13-6-5-7-14(18)10-13)12-22-16(19-3)21-11-15(23)20-8-9-24-4/h5-7,10H,8-9,11-12H2,1-4H3,(H,20,23)(H2,19,21,22). The third-order valence-corrected chi connectivity index (χ3v) is 3.57. The van der Waals surface area contributed by atoms with Gasteiger partial charge in [0.2, 0.25) is 5.91 Å². The van der Waals surface area contributed by atoms with E-state index >= 15 is 0 Å². The highest BCUT2D eigenvalue weighted by molar-refractivity contribution is 5.86. The van der Waals surface area contributed by atoms with Crippen LogP contribution in [0, 0.1) is 5.82 Å². The lowest BCUT2D eigenvalue weighted by Crippen LogP contribution is -2.46. The van der Waals surface area contributed by atoms with E-state index in [-0.39, 0.29) is 23.7 Å². The van der Waals surface area contributed by atoms with Gasteiger partial charge in [-0.15, -0.1) is 0 Å². The summed E-state index contributed by atoms with van der Waals surface area (Å²) >= 11 is 0. The molecular formula is C17H27FN4O2. The van der Waals surface area contributed by atoms with Crippen molar-refractivity contribution in [1.82, 2.24) is 16.0 Å². The number of carbonyl (C=O) groups excluding carboxylic acids is 1. The number of aliphatic imine (C=N–C) groups is 1. The molecule has 1 aromatic rings. The fourth-order valence-electron chi connectivity index (χ4n) is 2.06. The van der Waals surface area contributed by atoms with Gasteiger partial charge >= 0.3 is 0 Å². The van der Waals surface area contributed by atoms with Gasteiger partial charge in [-0.2, -0.15) is 0 Å². The number of nitrogens with one attached hydrogen (secondary N) is 3. The summed E-state index contributed by atoms with van der Waals surface area (Å²) in [4.78, 5) is 15.7. The van der Waals surface area contributed by atoms with E-state index in [1.54, 1.807) is 20.2 Å². The van der Waals surface area contributed by atoms with Crippen molar-refractivity contribution in [2.45, 2.75) is 19.3 Å². The fourth-order valence-corrected chi connectivity index (χ4v) is 2.06. The number of ether oxygens (including phenoxy) is 1. The van der Waals surface area contributed by atoms with Crippen LogP contribution >= 0.6 is 0 Å². The summed E-state index contributed by atoms with van der Waals surface area (Å²) in [5.74, 6) is 0.122. The Balaban J connectivity index is 2.47. The van der Waals surface area contributed by atoms with E-state index in [0.29, 0.717) is 25.7 Å². The molecular weight excluding hydrogens is 311 g/mol. The zero-order valence-corrected chi connectivity index (χ0v) is 14.8. The Morgan fingerprint density at radius 1 is 1.29 bits per heavy atom. The maximum atomic E-state index is 13.4. The van der Waals surface area contributed by atoms with Crippen molar-refractivity contribution in [3.05, 3.63) is 35.6 Å². The van der Waals surface area contributed by atoms with E-state index < -0.39 is 0 Å². The van der Waals surface area contributed by atoms with Crippen molar-refractivity contribution in [2.24, 2.45) is 4.99 Å². The number of halogens is 1. The summed E-state index contributed by atoms with van der Waals surface area (Å²) in [6.45, 7) is 5.63. The van der Waals surface area contributed by atoms with Gasteiger partial charge in [-0.05, 0) is 17.7 Å². The summed E-state index contributed by atoms with van der Waals surface area (Å²) < 4.78 is 18.3. The molecule has 0 spiro atoms. The maximum absolute atomic E-state index is 13.4. The minimum Gasteiger partial charge on any atom is -0.383 e. The van der Waals surface area contributed by atoms with Crippen molar-refractivity contribution in [3.8, 4) is 0 Å². The van der Waals surface area contributed by atoms with Crippen LogP contribution in [-0.2, 0) is 14.9 Å². The quantitative estimate of drug-likeness (QED) is 0.376. The van der Waals surface area contributed by atoms with Crippen LogP contribution in [0.4, 0.5) is 4.39 Å². The van der Waals surface area contributed by atoms with Gasteiger partial charge < -0.3 is 20.7 Å². The first-order valence-electron chi connectivity index (χ1n) is 7.85. The van der Waals surface area contributed by atoms with Crippen LogP contribution in [0.3, 0.4) is 0 Å². The lowest BCUT2D eigenvalue weighted by Gasteiger charge is -2.26. The molecule has 24 heavy (non-hydrogen) atoms. The second-order valence-corrected chi connectivity index (χ2v) is 6.02. The summed E-state index contributed by atoms with van der Waals surface area (Å²) in [7, 11) is 3.21. The topological polar surface area (TPSA) is 74.8 Å². The van der Waals surface area contributed by atoms with E-state index in [2.05, 4.69) is 20.9 Å². The van der Waals surface area contributed by atoms with Gasteiger partial charge in [0.25, 0.3) is 0 Å². The first-order valence-corrected chi connectivity index (χ1v) is 7.85. The van der Waals surface area contributed by atoms with Crippen molar-refractivity contribution < 1.29 is 13.9 Å². The molecule has 1 rings (SSSR count). The lowest BCUT2D eigenvalue weighted by molar-refractivity contribution is -0.120. The number of carbonyl (C=O) groups is 1. The zero-order chi connectivity index (χ0) is 18.0. The van der Waals surface area contributed by atoms with E-state index in [1.807, 2.05) is 19.9 Å². The Bertz CT molecular complexity index is 561. The molecule has 0 saturated carbocycles. The molecule has 0 heterocycles. The minimum absolute atomic E-state index is 0.115. The van der Waals surface area contributed by atoms with E-state index in [0.717, 1.165) is 5.56 Å². The van der Waals surface area contributed by atoms with Crippen LogP contribution < -0.4 is 16.0 Å². The molecule has 6 nitrogen and oxygen atoms in total. The van der Waals surface area contributed by atoms with Crippen LogP contribution in [-0.4, -0.2) is 52.3 Å². The Labute approximate surface area is 142 Å². The Kier molecular flexibility index (Phi) is 8.18. The summed E-state index contributed by atoms with van der Waals surface area (Å²) in [6, 6.07) is 6.55. The number of methoxy groups -OCH3 is 1. The number of nitrogens with zero attached hydrogens (tertiary/aromatic N) is 1. The van der Waals surface area contributed by atoms with Gasteiger partial charge in [0.1, 0.15) is 5.82 Å². The highest BCUT2D eigenvalue weighted by Gasteiger charge is 2.21. The van der Waals surface area contributed by atoms with Crippen LogP contribution in [0.5, 0.6) is 0 Å². The maximum Gasteiger partial charge on any atom is 0.239 e. The molecule has 0 aliphatic heterocycles. The molecule has 0 aliphatic rings. The molecule has 0 bridgehead atoms. The summed E-state index contributed by atoms with van der Waals surface area (Å²) in [6.07, 6.45) is 0. The predicted molar refractivity (Wildman–Crippen MR) is 93.7 cm³/mol. The highest BCUT2D eigenvalue weighted by Crippen LogP contribution is 2.22. The van der Waals surface area contributed by atoms with E-state index in [4.69, 9.17) is 4.74 Å². The van der Waals surface area contributed by atoms with Crippen LogP contribution in [0.2, 0.25) is 0 Å². The third-order valence-electron chi connectivity index (χ3n) is 3.57. The zero-order valence-electron chi connectivity index (χ0n) is 14.8. The Hall–Kier alpha value is -2.15. The second kappa shape index (κ2) is 9.87. The van der Waals surface area contributed by atoms with E-state index in [9.17, 15) is 9.18 Å². The van der Waals surface area contributed by atoms with Crippen LogP contribution in [0.1, 0.15) is 19.4 Å². The van der Waals surface area contributed by atoms with Crippen LogP contribution in [0.15, 0.2) is 29.3 Å². The van der Waals surface area contributed by atoms with Crippen molar-refractivity contribution in [2.75, 3.05) is 40.4 Å². The Morgan fingerprint density at radius 3 is 2.67 bits per heavy atom. The van der Waals surface area contributed by atoms with Crippen molar-refractivity contribution in [1.29, 1.82) is 0 Å². The molecule has 0 aromatic heterocycles. The largest absolute Gasteiger partial charge is 0.383 e. The molecule has 1 amide bonds. The summed E-state index contributed by atoms with van der Waals surface area (Å²) in [5, 5.41) is 8.82. The van der Waals surface area contributed by atoms with Gasteiger partial charge in [-0.1, -0.05) is 26.0 Å². The average Bonchev–Trinajstić information content (AvgIpc) is 2.55. The molecule has 0 aliphatic carbocycles.